The van der Waals surface area contributed by atoms with Crippen LogP contribution < -0.4 is 10.2 Å². The number of carbonyl (C=O) groups excluding carboxylic acids is 1. The summed E-state index contributed by atoms with van der Waals surface area (Å²) in [6, 6.07) is 12.8. The molecular formula is C14H12ClN3O. The summed E-state index contributed by atoms with van der Waals surface area (Å²) in [6.45, 7) is 1.84. The number of anilines is 3. The fourth-order valence-electron chi connectivity index (χ4n) is 2.18. The van der Waals surface area contributed by atoms with Crippen molar-refractivity contribution in [3.63, 3.8) is 0 Å². The number of fused-ring (bicyclic) bond motifs is 1. The van der Waals surface area contributed by atoms with E-state index >= 15 is 0 Å². The van der Waals surface area contributed by atoms with Gasteiger partial charge in [-0.2, -0.15) is 0 Å². The fraction of sp³-hybridized carbons (Fsp3) is 0.143. The van der Waals surface area contributed by atoms with Crippen LogP contribution in [0.15, 0.2) is 42.5 Å². The lowest BCUT2D eigenvalue weighted by atomic mass is 10.1. The molecule has 0 fully saturated rings. The molecule has 0 spiro atoms. The van der Waals surface area contributed by atoms with E-state index in [0.717, 1.165) is 5.69 Å². The van der Waals surface area contributed by atoms with Crippen LogP contribution in [0.5, 0.6) is 0 Å². The predicted molar refractivity (Wildman–Crippen MR) is 75.9 cm³/mol. The summed E-state index contributed by atoms with van der Waals surface area (Å²) in [4.78, 5) is 18.2. The molecular weight excluding hydrogens is 262 g/mol. The number of hydrogen-bond acceptors (Lipinski definition) is 3. The van der Waals surface area contributed by atoms with Crippen LogP contribution in [0.3, 0.4) is 0 Å². The van der Waals surface area contributed by atoms with Crippen molar-refractivity contribution in [2.45, 2.75) is 13.0 Å². The minimum Gasteiger partial charge on any atom is -0.321 e. The lowest BCUT2D eigenvalue weighted by Gasteiger charge is -2.35. The molecule has 5 heteroatoms. The van der Waals surface area contributed by atoms with Gasteiger partial charge in [-0.05, 0) is 31.2 Å². The lowest BCUT2D eigenvalue weighted by Crippen LogP contribution is -2.44. The van der Waals surface area contributed by atoms with Crippen LogP contribution in [0, 0.1) is 0 Å². The molecule has 2 aromatic rings. The summed E-state index contributed by atoms with van der Waals surface area (Å²) in [7, 11) is 0. The Labute approximate surface area is 116 Å². The first-order chi connectivity index (χ1) is 9.16. The van der Waals surface area contributed by atoms with Crippen molar-refractivity contribution in [3.8, 4) is 0 Å². The van der Waals surface area contributed by atoms with Crippen LogP contribution in [0.25, 0.3) is 0 Å². The van der Waals surface area contributed by atoms with Gasteiger partial charge in [-0.15, -0.1) is 0 Å². The molecule has 1 atom stereocenters. The summed E-state index contributed by atoms with van der Waals surface area (Å²) in [5.74, 6) is 0.617. The molecule has 1 aliphatic rings. The number of benzene rings is 1. The minimum atomic E-state index is -0.333. The third-order valence-corrected chi connectivity index (χ3v) is 3.34. The molecule has 1 aromatic heterocycles. The monoisotopic (exact) mass is 273 g/mol. The second-order valence-electron chi connectivity index (χ2n) is 4.38. The van der Waals surface area contributed by atoms with Crippen LogP contribution in [-0.2, 0) is 4.79 Å². The van der Waals surface area contributed by atoms with Crippen molar-refractivity contribution in [1.29, 1.82) is 0 Å². The second-order valence-corrected chi connectivity index (χ2v) is 4.76. The summed E-state index contributed by atoms with van der Waals surface area (Å²) >= 11 is 5.96. The highest BCUT2D eigenvalue weighted by molar-refractivity contribution is 6.29. The quantitative estimate of drug-likeness (QED) is 0.812. The third-order valence-electron chi connectivity index (χ3n) is 3.13. The Morgan fingerprint density at radius 3 is 2.68 bits per heavy atom. The van der Waals surface area contributed by atoms with E-state index in [1.165, 1.54) is 0 Å². The highest BCUT2D eigenvalue weighted by Crippen LogP contribution is 2.36. The topological polar surface area (TPSA) is 45.2 Å². The van der Waals surface area contributed by atoms with Crippen LogP contribution in [0.1, 0.15) is 6.92 Å². The van der Waals surface area contributed by atoms with Crippen molar-refractivity contribution in [1.82, 2.24) is 4.98 Å². The van der Waals surface area contributed by atoms with Crippen LogP contribution in [0.4, 0.5) is 17.2 Å². The van der Waals surface area contributed by atoms with E-state index in [-0.39, 0.29) is 11.9 Å². The molecule has 0 radical (unpaired) electrons. The SMILES string of the molecule is C[C@H]1C(=O)Nc2ccc(Cl)nc2N1c1ccccc1. The van der Waals surface area contributed by atoms with Gasteiger partial charge in [0, 0.05) is 5.69 Å². The molecule has 0 aliphatic carbocycles. The number of hydrogen-bond donors (Lipinski definition) is 1. The normalized spacial score (nSPS) is 17.9. The first-order valence-electron chi connectivity index (χ1n) is 5.98. The Hall–Kier alpha value is -2.07. The predicted octanol–water partition coefficient (Wildman–Crippen LogP) is 3.21. The fourth-order valence-corrected chi connectivity index (χ4v) is 2.32. The number of nitrogens with one attached hydrogen (secondary N) is 1. The number of rotatable bonds is 1. The Kier molecular flexibility index (Phi) is 2.87. The van der Waals surface area contributed by atoms with Gasteiger partial charge in [0.05, 0.1) is 5.69 Å². The molecule has 1 aliphatic heterocycles. The zero-order chi connectivity index (χ0) is 13.4. The summed E-state index contributed by atoms with van der Waals surface area (Å²) in [6.07, 6.45) is 0. The van der Waals surface area contributed by atoms with E-state index in [1.807, 2.05) is 42.2 Å². The number of amides is 1. The highest BCUT2D eigenvalue weighted by atomic mass is 35.5. The Morgan fingerprint density at radius 2 is 1.95 bits per heavy atom. The van der Waals surface area contributed by atoms with Crippen molar-refractivity contribution in [3.05, 3.63) is 47.6 Å². The van der Waals surface area contributed by atoms with Crippen molar-refractivity contribution < 1.29 is 4.79 Å². The summed E-state index contributed by atoms with van der Waals surface area (Å²) in [5.41, 5.74) is 1.59. The molecule has 0 unspecified atom stereocenters. The van der Waals surface area contributed by atoms with E-state index in [9.17, 15) is 4.79 Å². The molecule has 3 rings (SSSR count). The summed E-state index contributed by atoms with van der Waals surface area (Å²) in [5, 5.41) is 3.24. The van der Waals surface area contributed by atoms with Crippen molar-refractivity contribution in [2.75, 3.05) is 10.2 Å². The standard InChI is InChI=1S/C14H12ClN3O/c1-9-14(19)16-11-7-8-12(15)17-13(11)18(9)10-5-3-2-4-6-10/h2-9H,1H3,(H,16,19)/t9-/m0/s1. The van der Waals surface area contributed by atoms with Gasteiger partial charge in [-0.3, -0.25) is 4.79 Å². The second kappa shape index (κ2) is 4.55. The average Bonchev–Trinajstić information content (AvgIpc) is 2.42. The maximum atomic E-state index is 12.0. The molecule has 2 heterocycles. The molecule has 0 saturated heterocycles. The highest BCUT2D eigenvalue weighted by Gasteiger charge is 2.31. The van der Waals surface area contributed by atoms with Gasteiger partial charge in [0.2, 0.25) is 5.91 Å². The van der Waals surface area contributed by atoms with Gasteiger partial charge >= 0.3 is 0 Å². The maximum absolute atomic E-state index is 12.0. The van der Waals surface area contributed by atoms with Crippen molar-refractivity contribution >= 4 is 34.7 Å². The van der Waals surface area contributed by atoms with Gasteiger partial charge in [0.1, 0.15) is 11.2 Å². The third kappa shape index (κ3) is 2.04. The van der Waals surface area contributed by atoms with E-state index in [0.29, 0.717) is 16.7 Å². The Bertz CT molecular complexity index is 630. The molecule has 1 amide bonds. The first kappa shape index (κ1) is 12.0. The zero-order valence-electron chi connectivity index (χ0n) is 10.3. The van der Waals surface area contributed by atoms with E-state index in [1.54, 1.807) is 12.1 Å². The molecule has 1 N–H and O–H groups in total. The number of aromatic nitrogens is 1. The van der Waals surface area contributed by atoms with Crippen LogP contribution >= 0.6 is 11.6 Å². The van der Waals surface area contributed by atoms with E-state index < -0.39 is 0 Å². The zero-order valence-corrected chi connectivity index (χ0v) is 11.1. The van der Waals surface area contributed by atoms with Gasteiger partial charge in [-0.25, -0.2) is 4.98 Å². The minimum absolute atomic E-state index is 0.0551. The number of pyridine rings is 1. The molecule has 1 aromatic carbocycles. The van der Waals surface area contributed by atoms with Gasteiger partial charge in [-0.1, -0.05) is 29.8 Å². The largest absolute Gasteiger partial charge is 0.321 e. The Balaban J connectivity index is 2.17. The number of carbonyl (C=O) groups is 1. The number of nitrogens with zero attached hydrogens (tertiary/aromatic N) is 2. The van der Waals surface area contributed by atoms with E-state index in [4.69, 9.17) is 11.6 Å². The molecule has 0 bridgehead atoms. The van der Waals surface area contributed by atoms with Crippen LogP contribution in [-0.4, -0.2) is 16.9 Å². The van der Waals surface area contributed by atoms with Crippen molar-refractivity contribution in [2.24, 2.45) is 0 Å². The Morgan fingerprint density at radius 1 is 1.21 bits per heavy atom. The summed E-state index contributed by atoms with van der Waals surface area (Å²) < 4.78 is 0. The first-order valence-corrected chi connectivity index (χ1v) is 6.36. The van der Waals surface area contributed by atoms with Gasteiger partial charge in [0.15, 0.2) is 5.82 Å². The smallest absolute Gasteiger partial charge is 0.247 e. The molecule has 19 heavy (non-hydrogen) atoms. The number of para-hydroxylation sites is 1. The van der Waals surface area contributed by atoms with Gasteiger partial charge in [0.25, 0.3) is 0 Å². The molecule has 96 valence electrons. The average molecular weight is 274 g/mol. The van der Waals surface area contributed by atoms with E-state index in [2.05, 4.69) is 10.3 Å². The molecule has 0 saturated carbocycles. The van der Waals surface area contributed by atoms with Crippen LogP contribution in [0.2, 0.25) is 5.15 Å². The molecule has 4 nitrogen and oxygen atoms in total. The maximum Gasteiger partial charge on any atom is 0.247 e. The van der Waals surface area contributed by atoms with Gasteiger partial charge < -0.3 is 10.2 Å². The number of halogens is 1. The lowest BCUT2D eigenvalue weighted by molar-refractivity contribution is -0.117.